The predicted molar refractivity (Wildman–Crippen MR) is 105 cm³/mol. The van der Waals surface area contributed by atoms with Crippen molar-refractivity contribution in [1.29, 1.82) is 0 Å². The zero-order valence-corrected chi connectivity index (χ0v) is 17.7. The molecule has 0 atom stereocenters. The molecular formula is C17H21Br2N3O3. The zero-order chi connectivity index (χ0) is 18.6. The standard InChI is InChI=1S/C17H21Br2N3O3/c1-4-21(5-2)10-15(23)25-7-6-22-11(3)20-16-13(17(22)24)8-12(18)9-14(16)19/h8-9H,4-7,10H2,1-3H3. The van der Waals surface area contributed by atoms with Crippen molar-refractivity contribution in [3.05, 3.63) is 37.3 Å². The van der Waals surface area contributed by atoms with Gasteiger partial charge in [0.05, 0.1) is 24.0 Å². The first kappa shape index (κ1) is 20.1. The van der Waals surface area contributed by atoms with Gasteiger partial charge in [0, 0.05) is 8.95 Å². The van der Waals surface area contributed by atoms with Gasteiger partial charge in [0.2, 0.25) is 0 Å². The average Bonchev–Trinajstić information content (AvgIpc) is 2.57. The van der Waals surface area contributed by atoms with Crippen molar-refractivity contribution >= 4 is 48.7 Å². The quantitative estimate of drug-likeness (QED) is 0.577. The lowest BCUT2D eigenvalue weighted by Crippen LogP contribution is -2.32. The Morgan fingerprint density at radius 2 is 1.96 bits per heavy atom. The molecule has 0 unspecified atom stereocenters. The van der Waals surface area contributed by atoms with Crippen molar-refractivity contribution in [3.8, 4) is 0 Å². The number of ether oxygens (including phenoxy) is 1. The number of aryl methyl sites for hydroxylation is 1. The molecule has 0 amide bonds. The molecule has 136 valence electrons. The van der Waals surface area contributed by atoms with E-state index in [2.05, 4.69) is 36.8 Å². The second-order valence-electron chi connectivity index (χ2n) is 5.58. The summed E-state index contributed by atoms with van der Waals surface area (Å²) in [6.07, 6.45) is 0. The molecule has 0 radical (unpaired) electrons. The van der Waals surface area contributed by atoms with E-state index in [4.69, 9.17) is 4.74 Å². The van der Waals surface area contributed by atoms with Gasteiger partial charge in [-0.25, -0.2) is 4.98 Å². The average molecular weight is 475 g/mol. The summed E-state index contributed by atoms with van der Waals surface area (Å²) in [4.78, 5) is 31.1. The van der Waals surface area contributed by atoms with Gasteiger partial charge in [-0.3, -0.25) is 19.1 Å². The van der Waals surface area contributed by atoms with Crippen molar-refractivity contribution in [2.24, 2.45) is 0 Å². The Hall–Kier alpha value is -1.25. The Labute approximate surface area is 163 Å². The van der Waals surface area contributed by atoms with Crippen molar-refractivity contribution in [2.45, 2.75) is 27.3 Å². The molecule has 0 aliphatic rings. The van der Waals surface area contributed by atoms with E-state index in [1.807, 2.05) is 24.8 Å². The highest BCUT2D eigenvalue weighted by molar-refractivity contribution is 9.11. The molecule has 0 aliphatic heterocycles. The number of rotatable bonds is 7. The number of hydrogen-bond donors (Lipinski definition) is 0. The van der Waals surface area contributed by atoms with Gasteiger partial charge >= 0.3 is 5.97 Å². The van der Waals surface area contributed by atoms with Gasteiger partial charge in [-0.15, -0.1) is 0 Å². The van der Waals surface area contributed by atoms with Crippen LogP contribution in [-0.4, -0.2) is 46.7 Å². The SMILES string of the molecule is CCN(CC)CC(=O)OCCn1c(C)nc2c(Br)cc(Br)cc2c1=O. The van der Waals surface area contributed by atoms with Crippen LogP contribution >= 0.6 is 31.9 Å². The lowest BCUT2D eigenvalue weighted by molar-refractivity contribution is -0.145. The van der Waals surface area contributed by atoms with Crippen LogP contribution in [0.3, 0.4) is 0 Å². The molecule has 2 rings (SSSR count). The van der Waals surface area contributed by atoms with Crippen LogP contribution in [-0.2, 0) is 16.1 Å². The second-order valence-corrected chi connectivity index (χ2v) is 7.35. The third-order valence-corrected chi connectivity index (χ3v) is 5.06. The fourth-order valence-electron chi connectivity index (χ4n) is 2.55. The molecule has 0 fully saturated rings. The van der Waals surface area contributed by atoms with E-state index in [1.54, 1.807) is 13.0 Å². The third-order valence-electron chi connectivity index (χ3n) is 3.99. The highest BCUT2D eigenvalue weighted by atomic mass is 79.9. The number of halogens is 2. The normalized spacial score (nSPS) is 11.3. The van der Waals surface area contributed by atoms with Crippen molar-refractivity contribution in [1.82, 2.24) is 14.5 Å². The summed E-state index contributed by atoms with van der Waals surface area (Å²) >= 11 is 6.82. The minimum absolute atomic E-state index is 0.142. The van der Waals surface area contributed by atoms with Gasteiger partial charge in [-0.2, -0.15) is 0 Å². The van der Waals surface area contributed by atoms with E-state index >= 15 is 0 Å². The monoisotopic (exact) mass is 473 g/mol. The number of likely N-dealkylation sites (N-methyl/N-ethyl adjacent to an activating group) is 1. The summed E-state index contributed by atoms with van der Waals surface area (Å²) in [7, 11) is 0. The highest BCUT2D eigenvalue weighted by Gasteiger charge is 2.13. The smallest absolute Gasteiger partial charge is 0.320 e. The summed E-state index contributed by atoms with van der Waals surface area (Å²) in [5.41, 5.74) is 0.477. The molecule has 1 aromatic heterocycles. The molecule has 2 aromatic rings. The largest absolute Gasteiger partial charge is 0.463 e. The van der Waals surface area contributed by atoms with Crippen molar-refractivity contribution in [2.75, 3.05) is 26.2 Å². The van der Waals surface area contributed by atoms with Gasteiger partial charge in [-0.1, -0.05) is 29.8 Å². The fourth-order valence-corrected chi connectivity index (χ4v) is 3.86. The maximum Gasteiger partial charge on any atom is 0.320 e. The predicted octanol–water partition coefficient (Wildman–Crippen LogP) is 3.11. The fraction of sp³-hybridized carbons (Fsp3) is 0.471. The Morgan fingerprint density at radius 3 is 2.60 bits per heavy atom. The molecule has 8 heteroatoms. The summed E-state index contributed by atoms with van der Waals surface area (Å²) < 4.78 is 8.35. The molecular weight excluding hydrogens is 454 g/mol. The van der Waals surface area contributed by atoms with Crippen LogP contribution in [0.5, 0.6) is 0 Å². The number of benzene rings is 1. The van der Waals surface area contributed by atoms with E-state index in [0.29, 0.717) is 16.7 Å². The van der Waals surface area contributed by atoms with E-state index in [0.717, 1.165) is 22.0 Å². The summed E-state index contributed by atoms with van der Waals surface area (Å²) in [6.45, 7) is 8.03. The van der Waals surface area contributed by atoms with E-state index < -0.39 is 0 Å². The van der Waals surface area contributed by atoms with Gasteiger partial charge in [-0.05, 0) is 48.1 Å². The molecule has 1 aromatic carbocycles. The molecule has 6 nitrogen and oxygen atoms in total. The molecule has 1 heterocycles. The van der Waals surface area contributed by atoms with Gasteiger partial charge in [0.15, 0.2) is 0 Å². The van der Waals surface area contributed by atoms with Crippen molar-refractivity contribution in [3.63, 3.8) is 0 Å². The molecule has 0 aliphatic carbocycles. The van der Waals surface area contributed by atoms with Crippen molar-refractivity contribution < 1.29 is 9.53 Å². The molecule has 0 bridgehead atoms. The number of nitrogens with zero attached hydrogens (tertiary/aromatic N) is 3. The minimum atomic E-state index is -0.284. The molecule has 0 N–H and O–H groups in total. The lowest BCUT2D eigenvalue weighted by Gasteiger charge is -2.17. The van der Waals surface area contributed by atoms with Crippen LogP contribution < -0.4 is 5.56 Å². The number of carbonyl (C=O) groups excluding carboxylic acids is 1. The first-order valence-electron chi connectivity index (χ1n) is 8.11. The van der Waals surface area contributed by atoms with E-state index in [9.17, 15) is 9.59 Å². The van der Waals surface area contributed by atoms with E-state index in [-0.39, 0.29) is 31.2 Å². The zero-order valence-electron chi connectivity index (χ0n) is 14.5. The number of esters is 1. The number of aromatic nitrogens is 2. The van der Waals surface area contributed by atoms with Crippen LogP contribution in [0.1, 0.15) is 19.7 Å². The van der Waals surface area contributed by atoms with Gasteiger partial charge in [0.1, 0.15) is 12.4 Å². The van der Waals surface area contributed by atoms with Crippen LogP contribution in [0.25, 0.3) is 10.9 Å². The Bertz CT molecular complexity index is 832. The first-order chi connectivity index (χ1) is 11.9. The maximum absolute atomic E-state index is 12.7. The molecule has 0 spiro atoms. The summed E-state index contributed by atoms with van der Waals surface area (Å²) in [5, 5.41) is 0.515. The second kappa shape index (κ2) is 8.91. The Balaban J connectivity index is 2.14. The van der Waals surface area contributed by atoms with Crippen LogP contribution in [0.4, 0.5) is 0 Å². The minimum Gasteiger partial charge on any atom is -0.463 e. The maximum atomic E-state index is 12.7. The molecule has 0 saturated carbocycles. The Morgan fingerprint density at radius 1 is 1.28 bits per heavy atom. The number of carbonyl (C=O) groups is 1. The van der Waals surface area contributed by atoms with E-state index in [1.165, 1.54) is 4.57 Å². The number of fused-ring (bicyclic) bond motifs is 1. The lowest BCUT2D eigenvalue weighted by atomic mass is 10.2. The first-order valence-corrected chi connectivity index (χ1v) is 9.70. The summed E-state index contributed by atoms with van der Waals surface area (Å²) in [6, 6.07) is 3.60. The summed E-state index contributed by atoms with van der Waals surface area (Å²) in [5.74, 6) is 0.300. The highest BCUT2D eigenvalue weighted by Crippen LogP contribution is 2.25. The molecule has 0 saturated heterocycles. The number of hydrogen-bond acceptors (Lipinski definition) is 5. The van der Waals surface area contributed by atoms with Gasteiger partial charge in [0.25, 0.3) is 5.56 Å². The molecule has 25 heavy (non-hydrogen) atoms. The Kier molecular flexibility index (Phi) is 7.15. The topological polar surface area (TPSA) is 64.4 Å². The van der Waals surface area contributed by atoms with Gasteiger partial charge < -0.3 is 4.74 Å². The third kappa shape index (κ3) is 4.89. The van der Waals surface area contributed by atoms with Crippen LogP contribution in [0.2, 0.25) is 0 Å². The van der Waals surface area contributed by atoms with Crippen LogP contribution in [0.15, 0.2) is 25.9 Å². The van der Waals surface area contributed by atoms with Crippen LogP contribution in [0, 0.1) is 6.92 Å².